The number of aromatic nitrogens is 1. The molecule has 0 unspecified atom stereocenters. The van der Waals surface area contributed by atoms with Gasteiger partial charge >= 0.3 is 0 Å². The Bertz CT molecular complexity index is 505. The average molecular weight is 249 g/mol. The number of H-pyrrole nitrogens is 1. The van der Waals surface area contributed by atoms with Gasteiger partial charge in [-0.1, -0.05) is 38.1 Å². The maximum absolute atomic E-state index is 5.07. The van der Waals surface area contributed by atoms with Crippen LogP contribution in [0.2, 0.25) is 0 Å². The van der Waals surface area contributed by atoms with Crippen molar-refractivity contribution in [1.82, 2.24) is 4.98 Å². The molecule has 1 nitrogen and oxygen atoms in total. The van der Waals surface area contributed by atoms with Crippen molar-refractivity contribution in [3.8, 4) is 0 Å². The molecule has 3 heteroatoms. The van der Waals surface area contributed by atoms with Gasteiger partial charge in [-0.15, -0.1) is 11.3 Å². The van der Waals surface area contributed by atoms with Gasteiger partial charge in [-0.2, -0.15) is 0 Å². The molecule has 0 saturated carbocycles. The fourth-order valence-electron chi connectivity index (χ4n) is 1.63. The highest BCUT2D eigenvalue weighted by Gasteiger charge is 2.01. The van der Waals surface area contributed by atoms with E-state index in [0.717, 1.165) is 10.4 Å². The zero-order chi connectivity index (χ0) is 11.5. The van der Waals surface area contributed by atoms with Gasteiger partial charge in [0.1, 0.15) is 0 Å². The first kappa shape index (κ1) is 11.6. The summed E-state index contributed by atoms with van der Waals surface area (Å²) in [5.41, 5.74) is 2.74. The lowest BCUT2D eigenvalue weighted by molar-refractivity contribution is 0.865. The van der Waals surface area contributed by atoms with E-state index in [2.05, 4.69) is 43.1 Å². The van der Waals surface area contributed by atoms with Gasteiger partial charge in [-0.05, 0) is 29.3 Å². The van der Waals surface area contributed by atoms with E-state index in [1.165, 1.54) is 16.0 Å². The molecular formula is C13H15NS2. The van der Waals surface area contributed by atoms with Crippen LogP contribution in [-0.4, -0.2) is 4.98 Å². The molecule has 1 N–H and O–H groups in total. The quantitative estimate of drug-likeness (QED) is 0.791. The van der Waals surface area contributed by atoms with Crippen molar-refractivity contribution in [3.63, 3.8) is 0 Å². The highest BCUT2D eigenvalue weighted by atomic mass is 32.1. The zero-order valence-electron chi connectivity index (χ0n) is 9.49. The molecule has 0 saturated heterocycles. The van der Waals surface area contributed by atoms with Crippen LogP contribution in [-0.2, 0) is 6.42 Å². The highest BCUT2D eigenvalue weighted by molar-refractivity contribution is 7.73. The maximum atomic E-state index is 5.07. The third-order valence-corrected chi connectivity index (χ3v) is 3.80. The standard InChI is InChI=1S/C13H15NS2/c1-9(2)11-5-3-10(4-6-11)7-12-8-14-13(15)16-12/h3-6,8-9H,7H2,1-2H3,(H,14,15). The van der Waals surface area contributed by atoms with Crippen LogP contribution in [0.3, 0.4) is 0 Å². The molecule has 0 aliphatic heterocycles. The Balaban J connectivity index is 2.14. The molecule has 1 aromatic carbocycles. The van der Waals surface area contributed by atoms with Crippen LogP contribution >= 0.6 is 23.6 Å². The molecule has 0 radical (unpaired) electrons. The Morgan fingerprint density at radius 1 is 1.25 bits per heavy atom. The number of thiazole rings is 1. The van der Waals surface area contributed by atoms with Gasteiger partial charge in [0.15, 0.2) is 3.95 Å². The Morgan fingerprint density at radius 2 is 1.94 bits per heavy atom. The van der Waals surface area contributed by atoms with Crippen LogP contribution in [0.5, 0.6) is 0 Å². The van der Waals surface area contributed by atoms with Crippen LogP contribution in [0.25, 0.3) is 0 Å². The van der Waals surface area contributed by atoms with E-state index in [4.69, 9.17) is 12.2 Å². The molecule has 0 amide bonds. The minimum Gasteiger partial charge on any atom is -0.343 e. The summed E-state index contributed by atoms with van der Waals surface area (Å²) in [5.74, 6) is 0.600. The molecule has 0 atom stereocenters. The van der Waals surface area contributed by atoms with Gasteiger partial charge < -0.3 is 4.98 Å². The Kier molecular flexibility index (Phi) is 3.56. The Hall–Kier alpha value is -0.930. The second kappa shape index (κ2) is 4.93. The summed E-state index contributed by atoms with van der Waals surface area (Å²) in [7, 11) is 0. The molecule has 0 aliphatic rings. The Labute approximate surface area is 105 Å². The van der Waals surface area contributed by atoms with E-state index in [9.17, 15) is 0 Å². The topological polar surface area (TPSA) is 15.8 Å². The number of hydrogen-bond acceptors (Lipinski definition) is 2. The lowest BCUT2D eigenvalue weighted by atomic mass is 10.0. The number of benzene rings is 1. The van der Waals surface area contributed by atoms with Crippen molar-refractivity contribution < 1.29 is 0 Å². The summed E-state index contributed by atoms with van der Waals surface area (Å²) >= 11 is 6.72. The predicted molar refractivity (Wildman–Crippen MR) is 72.8 cm³/mol. The van der Waals surface area contributed by atoms with Crippen molar-refractivity contribution in [2.75, 3.05) is 0 Å². The largest absolute Gasteiger partial charge is 0.343 e. The van der Waals surface area contributed by atoms with Crippen LogP contribution in [0, 0.1) is 3.95 Å². The monoisotopic (exact) mass is 249 g/mol. The number of aromatic amines is 1. The van der Waals surface area contributed by atoms with E-state index >= 15 is 0 Å². The normalized spacial score (nSPS) is 10.9. The van der Waals surface area contributed by atoms with Crippen molar-refractivity contribution in [2.24, 2.45) is 0 Å². The van der Waals surface area contributed by atoms with Crippen LogP contribution in [0.1, 0.15) is 35.8 Å². The first-order valence-corrected chi connectivity index (χ1v) is 6.64. The fraction of sp³-hybridized carbons (Fsp3) is 0.308. The summed E-state index contributed by atoms with van der Waals surface area (Å²) in [6, 6.07) is 8.84. The number of hydrogen-bond donors (Lipinski definition) is 1. The third-order valence-electron chi connectivity index (χ3n) is 2.60. The van der Waals surface area contributed by atoms with Crippen LogP contribution < -0.4 is 0 Å². The first-order valence-electron chi connectivity index (χ1n) is 5.41. The van der Waals surface area contributed by atoms with E-state index in [1.807, 2.05) is 6.20 Å². The summed E-state index contributed by atoms with van der Waals surface area (Å²) in [4.78, 5) is 4.35. The van der Waals surface area contributed by atoms with Crippen molar-refractivity contribution in [2.45, 2.75) is 26.2 Å². The van der Waals surface area contributed by atoms with Gasteiger partial charge in [0.2, 0.25) is 0 Å². The van der Waals surface area contributed by atoms with Crippen LogP contribution in [0.15, 0.2) is 30.5 Å². The molecule has 2 aromatic rings. The van der Waals surface area contributed by atoms with E-state index in [1.54, 1.807) is 11.3 Å². The molecule has 0 fully saturated rings. The van der Waals surface area contributed by atoms with Gasteiger partial charge in [0.25, 0.3) is 0 Å². The molecule has 2 rings (SSSR count). The smallest absolute Gasteiger partial charge is 0.158 e. The minimum absolute atomic E-state index is 0.600. The SMILES string of the molecule is CC(C)c1ccc(Cc2c[nH]c(=S)s2)cc1. The summed E-state index contributed by atoms with van der Waals surface area (Å²) in [6.45, 7) is 4.43. The molecule has 0 bridgehead atoms. The summed E-state index contributed by atoms with van der Waals surface area (Å²) in [6.07, 6.45) is 2.97. The van der Waals surface area contributed by atoms with E-state index in [-0.39, 0.29) is 0 Å². The van der Waals surface area contributed by atoms with E-state index in [0.29, 0.717) is 5.92 Å². The van der Waals surface area contributed by atoms with Gasteiger partial charge in [-0.3, -0.25) is 0 Å². The van der Waals surface area contributed by atoms with Gasteiger partial charge in [0.05, 0.1) is 0 Å². The summed E-state index contributed by atoms with van der Waals surface area (Å²) in [5, 5.41) is 0. The van der Waals surface area contributed by atoms with Crippen LogP contribution in [0.4, 0.5) is 0 Å². The molecule has 0 spiro atoms. The van der Waals surface area contributed by atoms with Crippen molar-refractivity contribution in [3.05, 3.63) is 50.4 Å². The maximum Gasteiger partial charge on any atom is 0.158 e. The molecule has 0 aliphatic carbocycles. The number of nitrogens with one attached hydrogen (secondary N) is 1. The lowest BCUT2D eigenvalue weighted by Crippen LogP contribution is -1.89. The lowest BCUT2D eigenvalue weighted by Gasteiger charge is -2.05. The zero-order valence-corrected chi connectivity index (χ0v) is 11.1. The predicted octanol–water partition coefficient (Wildman–Crippen LogP) is 4.52. The molecular weight excluding hydrogens is 234 g/mol. The van der Waals surface area contributed by atoms with Crippen molar-refractivity contribution in [1.29, 1.82) is 0 Å². The van der Waals surface area contributed by atoms with Gasteiger partial charge in [-0.25, -0.2) is 0 Å². The Morgan fingerprint density at radius 3 is 2.44 bits per heavy atom. The second-order valence-corrected chi connectivity index (χ2v) is 6.02. The van der Waals surface area contributed by atoms with Gasteiger partial charge in [0, 0.05) is 17.5 Å². The average Bonchev–Trinajstić information content (AvgIpc) is 2.65. The number of rotatable bonds is 3. The fourth-order valence-corrected chi connectivity index (χ4v) is 2.72. The summed E-state index contributed by atoms with van der Waals surface area (Å²) < 4.78 is 0.855. The molecule has 84 valence electrons. The molecule has 1 heterocycles. The highest BCUT2D eigenvalue weighted by Crippen LogP contribution is 2.18. The van der Waals surface area contributed by atoms with E-state index < -0.39 is 0 Å². The second-order valence-electron chi connectivity index (χ2n) is 4.22. The van der Waals surface area contributed by atoms with Crippen molar-refractivity contribution >= 4 is 23.6 Å². The first-order chi connectivity index (χ1) is 7.65. The minimum atomic E-state index is 0.600. The molecule has 1 aromatic heterocycles. The molecule has 16 heavy (non-hydrogen) atoms. The third kappa shape index (κ3) is 2.80.